The number of piperidine rings is 1. The van der Waals surface area contributed by atoms with Crippen molar-refractivity contribution in [2.45, 2.75) is 18.9 Å². The zero-order valence-corrected chi connectivity index (χ0v) is 12.8. The Morgan fingerprint density at radius 2 is 2.05 bits per heavy atom. The number of piperazine rings is 1. The van der Waals surface area contributed by atoms with Gasteiger partial charge < -0.3 is 14.9 Å². The number of likely N-dealkylation sites (tertiary alicyclic amines) is 1. The summed E-state index contributed by atoms with van der Waals surface area (Å²) in [4.78, 5) is 26.9. The highest BCUT2D eigenvalue weighted by atomic mass is 16.3. The number of amides is 1. The first kappa shape index (κ1) is 15.2. The van der Waals surface area contributed by atoms with Gasteiger partial charge in [-0.25, -0.2) is 4.98 Å². The SMILES string of the molecule is O=C(CN1CCC[C@H](O)C1)N1CCN(c2cnccn2)CC1. The number of rotatable bonds is 3. The predicted molar refractivity (Wildman–Crippen MR) is 82.5 cm³/mol. The Kier molecular flexibility index (Phi) is 4.84. The molecule has 0 aliphatic carbocycles. The van der Waals surface area contributed by atoms with E-state index in [0.29, 0.717) is 26.2 Å². The molecule has 1 amide bonds. The van der Waals surface area contributed by atoms with E-state index < -0.39 is 0 Å². The minimum atomic E-state index is -0.282. The molecule has 2 aliphatic rings. The van der Waals surface area contributed by atoms with Crippen molar-refractivity contribution in [1.82, 2.24) is 19.8 Å². The Balaban J connectivity index is 1.47. The lowest BCUT2D eigenvalue weighted by Crippen LogP contribution is -2.52. The number of aromatic nitrogens is 2. The summed E-state index contributed by atoms with van der Waals surface area (Å²) in [5.74, 6) is 1.03. The molecule has 2 fully saturated rings. The normalized spacial score (nSPS) is 23.6. The van der Waals surface area contributed by atoms with Crippen molar-refractivity contribution in [2.24, 2.45) is 0 Å². The van der Waals surface area contributed by atoms with Gasteiger partial charge in [0, 0.05) is 45.1 Å². The fraction of sp³-hybridized carbons (Fsp3) is 0.667. The Morgan fingerprint density at radius 3 is 2.73 bits per heavy atom. The van der Waals surface area contributed by atoms with Crippen LogP contribution >= 0.6 is 0 Å². The lowest BCUT2D eigenvalue weighted by molar-refractivity contribution is -0.133. The van der Waals surface area contributed by atoms with E-state index in [1.54, 1.807) is 18.6 Å². The van der Waals surface area contributed by atoms with Gasteiger partial charge in [0.25, 0.3) is 0 Å². The highest BCUT2D eigenvalue weighted by Crippen LogP contribution is 2.13. The minimum Gasteiger partial charge on any atom is -0.392 e. The van der Waals surface area contributed by atoms with Crippen LogP contribution in [0.5, 0.6) is 0 Å². The maximum atomic E-state index is 12.4. The Labute approximate surface area is 130 Å². The third-order valence-electron chi connectivity index (χ3n) is 4.35. The third kappa shape index (κ3) is 3.72. The number of carbonyl (C=O) groups excluding carboxylic acids is 1. The number of nitrogens with zero attached hydrogens (tertiary/aromatic N) is 5. The van der Waals surface area contributed by atoms with Crippen LogP contribution in [0.25, 0.3) is 0 Å². The van der Waals surface area contributed by atoms with Gasteiger partial charge in [-0.1, -0.05) is 0 Å². The number of hydrogen-bond donors (Lipinski definition) is 1. The molecule has 1 aromatic rings. The number of β-amino-alcohol motifs (C(OH)–C–C–N with tert-alkyl or cyclic N) is 1. The molecule has 2 aliphatic heterocycles. The molecule has 0 unspecified atom stereocenters. The highest BCUT2D eigenvalue weighted by molar-refractivity contribution is 5.78. The Hall–Kier alpha value is -1.73. The van der Waals surface area contributed by atoms with E-state index in [2.05, 4.69) is 19.8 Å². The minimum absolute atomic E-state index is 0.160. The summed E-state index contributed by atoms with van der Waals surface area (Å²) in [7, 11) is 0. The van der Waals surface area contributed by atoms with Crippen LogP contribution in [0, 0.1) is 0 Å². The van der Waals surface area contributed by atoms with Gasteiger partial charge in [0.1, 0.15) is 5.82 Å². The molecule has 7 heteroatoms. The fourth-order valence-corrected chi connectivity index (χ4v) is 3.11. The van der Waals surface area contributed by atoms with Crippen LogP contribution in [0.4, 0.5) is 5.82 Å². The van der Waals surface area contributed by atoms with Crippen molar-refractivity contribution in [1.29, 1.82) is 0 Å². The summed E-state index contributed by atoms with van der Waals surface area (Å²) in [6.45, 7) is 4.94. The predicted octanol–water partition coefficient (Wildman–Crippen LogP) is -0.418. The van der Waals surface area contributed by atoms with Crippen molar-refractivity contribution in [3.63, 3.8) is 0 Å². The van der Waals surface area contributed by atoms with Crippen molar-refractivity contribution >= 4 is 11.7 Å². The molecule has 0 saturated carbocycles. The zero-order valence-electron chi connectivity index (χ0n) is 12.8. The van der Waals surface area contributed by atoms with Crippen LogP contribution in [0.2, 0.25) is 0 Å². The molecule has 0 aromatic carbocycles. The van der Waals surface area contributed by atoms with E-state index in [9.17, 15) is 9.90 Å². The molecule has 7 nitrogen and oxygen atoms in total. The second-order valence-corrected chi connectivity index (χ2v) is 5.96. The van der Waals surface area contributed by atoms with Gasteiger partial charge >= 0.3 is 0 Å². The van der Waals surface area contributed by atoms with Crippen LogP contribution in [0.3, 0.4) is 0 Å². The van der Waals surface area contributed by atoms with Gasteiger partial charge in [0.2, 0.25) is 5.91 Å². The molecule has 1 N–H and O–H groups in total. The van der Waals surface area contributed by atoms with Gasteiger partial charge in [-0.2, -0.15) is 0 Å². The molecular weight excluding hydrogens is 282 g/mol. The van der Waals surface area contributed by atoms with E-state index >= 15 is 0 Å². The number of hydrogen-bond acceptors (Lipinski definition) is 6. The number of carbonyl (C=O) groups is 1. The van der Waals surface area contributed by atoms with Crippen molar-refractivity contribution in [3.8, 4) is 0 Å². The smallest absolute Gasteiger partial charge is 0.236 e. The summed E-state index contributed by atoms with van der Waals surface area (Å²) in [5.41, 5.74) is 0. The Bertz CT molecular complexity index is 490. The first-order valence-electron chi connectivity index (χ1n) is 7.91. The van der Waals surface area contributed by atoms with Crippen LogP contribution in [-0.2, 0) is 4.79 Å². The summed E-state index contributed by atoms with van der Waals surface area (Å²) in [5, 5.41) is 9.68. The molecule has 1 aromatic heterocycles. The van der Waals surface area contributed by atoms with E-state index in [1.165, 1.54) is 0 Å². The van der Waals surface area contributed by atoms with E-state index in [4.69, 9.17) is 0 Å². The van der Waals surface area contributed by atoms with Crippen LogP contribution in [0.15, 0.2) is 18.6 Å². The summed E-state index contributed by atoms with van der Waals surface area (Å²) < 4.78 is 0. The van der Waals surface area contributed by atoms with E-state index in [-0.39, 0.29) is 12.0 Å². The van der Waals surface area contributed by atoms with Gasteiger partial charge in [0.15, 0.2) is 0 Å². The fourth-order valence-electron chi connectivity index (χ4n) is 3.11. The topological polar surface area (TPSA) is 72.8 Å². The lowest BCUT2D eigenvalue weighted by Gasteiger charge is -2.37. The molecule has 3 rings (SSSR count). The van der Waals surface area contributed by atoms with Crippen molar-refractivity contribution < 1.29 is 9.90 Å². The molecular formula is C15H23N5O2. The zero-order chi connectivity index (χ0) is 15.4. The average molecular weight is 305 g/mol. The third-order valence-corrected chi connectivity index (χ3v) is 4.35. The molecule has 0 radical (unpaired) electrons. The quantitative estimate of drug-likeness (QED) is 0.818. The molecule has 2 saturated heterocycles. The van der Waals surface area contributed by atoms with Gasteiger partial charge in [-0.15, -0.1) is 0 Å². The molecule has 3 heterocycles. The molecule has 1 atom stereocenters. The van der Waals surface area contributed by atoms with Crippen LogP contribution in [0.1, 0.15) is 12.8 Å². The van der Waals surface area contributed by atoms with E-state index in [0.717, 1.165) is 38.3 Å². The summed E-state index contributed by atoms with van der Waals surface area (Å²) >= 11 is 0. The second kappa shape index (κ2) is 7.02. The van der Waals surface area contributed by atoms with Crippen molar-refractivity contribution in [3.05, 3.63) is 18.6 Å². The monoisotopic (exact) mass is 305 g/mol. The Morgan fingerprint density at radius 1 is 1.23 bits per heavy atom. The molecule has 0 bridgehead atoms. The number of aliphatic hydroxyl groups excluding tert-OH is 1. The van der Waals surface area contributed by atoms with Gasteiger partial charge in [-0.05, 0) is 19.4 Å². The van der Waals surface area contributed by atoms with Crippen LogP contribution in [-0.4, -0.2) is 82.7 Å². The molecule has 0 spiro atoms. The standard InChI is InChI=1S/C15H23N5O2/c21-13-2-1-5-18(11-13)12-15(22)20-8-6-19(7-9-20)14-10-16-3-4-17-14/h3-4,10,13,21H,1-2,5-9,11-12H2/t13-/m0/s1. The number of aliphatic hydroxyl groups is 1. The average Bonchev–Trinajstić information content (AvgIpc) is 2.56. The lowest BCUT2D eigenvalue weighted by atomic mass is 10.1. The number of anilines is 1. The largest absolute Gasteiger partial charge is 0.392 e. The maximum absolute atomic E-state index is 12.4. The first-order chi connectivity index (χ1) is 10.7. The molecule has 120 valence electrons. The van der Waals surface area contributed by atoms with Gasteiger partial charge in [-0.3, -0.25) is 14.7 Å². The van der Waals surface area contributed by atoms with E-state index in [1.807, 2.05) is 4.90 Å². The van der Waals surface area contributed by atoms with Crippen molar-refractivity contribution in [2.75, 3.05) is 50.7 Å². The molecule has 22 heavy (non-hydrogen) atoms. The highest BCUT2D eigenvalue weighted by Gasteiger charge is 2.25. The first-order valence-corrected chi connectivity index (χ1v) is 7.91. The van der Waals surface area contributed by atoms with Crippen LogP contribution < -0.4 is 4.90 Å². The summed E-state index contributed by atoms with van der Waals surface area (Å²) in [6, 6.07) is 0. The maximum Gasteiger partial charge on any atom is 0.236 e. The van der Waals surface area contributed by atoms with Gasteiger partial charge in [0.05, 0.1) is 18.8 Å². The second-order valence-electron chi connectivity index (χ2n) is 5.96. The summed E-state index contributed by atoms with van der Waals surface area (Å²) in [6.07, 6.45) is 6.64.